The molecule has 22 heavy (non-hydrogen) atoms. The number of anilines is 1. The first kappa shape index (κ1) is 14.3. The topological polar surface area (TPSA) is 72.7 Å². The molecular formula is C16H17N3O3. The predicted octanol–water partition coefficient (Wildman–Crippen LogP) is 2.56. The van der Waals surface area contributed by atoms with Crippen LogP contribution in [0.1, 0.15) is 36.5 Å². The Kier molecular flexibility index (Phi) is 3.91. The molecule has 0 atom stereocenters. The Morgan fingerprint density at radius 2 is 2.27 bits per heavy atom. The van der Waals surface area contributed by atoms with Gasteiger partial charge in [-0.25, -0.2) is 9.31 Å². The highest BCUT2D eigenvalue weighted by atomic mass is 16.5. The van der Waals surface area contributed by atoms with E-state index >= 15 is 0 Å². The van der Waals surface area contributed by atoms with Crippen molar-refractivity contribution in [3.8, 4) is 0 Å². The number of hydrogen-bond acceptors (Lipinski definition) is 4. The Morgan fingerprint density at radius 1 is 1.45 bits per heavy atom. The standard InChI is InChI=1S/C16H17N3O3/c1-2-22-16(21)13-10-17-19-7-6-12(9-14(13)19)18-15(20)8-11-4-3-5-11/h6-10H,2-5H2,1H3,(H,18,20). The van der Waals surface area contributed by atoms with Gasteiger partial charge in [0.2, 0.25) is 5.91 Å². The second-order valence-electron chi connectivity index (χ2n) is 5.17. The third-order valence-corrected chi connectivity index (χ3v) is 3.62. The van der Waals surface area contributed by atoms with Crippen molar-refractivity contribution in [2.75, 3.05) is 11.9 Å². The van der Waals surface area contributed by atoms with E-state index in [0.29, 0.717) is 23.4 Å². The summed E-state index contributed by atoms with van der Waals surface area (Å²) in [6.07, 6.45) is 7.98. The molecule has 0 radical (unpaired) electrons. The van der Waals surface area contributed by atoms with E-state index in [1.54, 1.807) is 35.8 Å². The molecule has 6 nitrogen and oxygen atoms in total. The highest BCUT2D eigenvalue weighted by Gasteiger charge is 2.15. The Balaban J connectivity index is 1.83. The van der Waals surface area contributed by atoms with Crippen LogP contribution in [-0.2, 0) is 9.53 Å². The van der Waals surface area contributed by atoms with Crippen molar-refractivity contribution in [1.82, 2.24) is 9.61 Å². The van der Waals surface area contributed by atoms with E-state index in [2.05, 4.69) is 10.4 Å². The van der Waals surface area contributed by atoms with E-state index in [4.69, 9.17) is 4.74 Å². The summed E-state index contributed by atoms with van der Waals surface area (Å²) in [5.74, 6) is -0.561. The van der Waals surface area contributed by atoms with Crippen molar-refractivity contribution in [1.29, 1.82) is 0 Å². The highest BCUT2D eigenvalue weighted by molar-refractivity contribution is 6.01. The predicted molar refractivity (Wildman–Crippen MR) is 81.7 cm³/mol. The molecule has 0 aromatic carbocycles. The molecule has 3 rings (SSSR count). The molecule has 0 saturated heterocycles. The van der Waals surface area contributed by atoms with Crippen molar-refractivity contribution >= 4 is 23.1 Å². The van der Waals surface area contributed by atoms with Crippen LogP contribution >= 0.6 is 0 Å². The number of aromatic nitrogens is 2. The van der Waals surface area contributed by atoms with E-state index in [-0.39, 0.29) is 5.91 Å². The number of nitrogens with zero attached hydrogens (tertiary/aromatic N) is 2. The lowest BCUT2D eigenvalue weighted by atomic mass is 9.92. The lowest BCUT2D eigenvalue weighted by Gasteiger charge is -2.15. The summed E-state index contributed by atoms with van der Waals surface area (Å²) in [7, 11) is 0. The molecule has 1 N–H and O–H groups in total. The number of ether oxygens (including phenoxy) is 1. The molecule has 6 heteroatoms. The highest BCUT2D eigenvalue weighted by Crippen LogP contribution is 2.25. The third-order valence-electron chi connectivity index (χ3n) is 3.62. The fraction of sp³-hybridized carbons (Fsp3) is 0.312. The van der Waals surface area contributed by atoms with Crippen molar-refractivity contribution in [3.63, 3.8) is 0 Å². The second kappa shape index (κ2) is 6.01. The number of amides is 1. The van der Waals surface area contributed by atoms with Gasteiger partial charge in [-0.05, 0) is 38.3 Å². The van der Waals surface area contributed by atoms with Gasteiger partial charge in [0.1, 0.15) is 5.56 Å². The van der Waals surface area contributed by atoms with Gasteiger partial charge in [0.05, 0.1) is 18.3 Å². The maximum Gasteiger partial charge on any atom is 0.341 e. The number of pyridine rings is 1. The summed E-state index contributed by atoms with van der Waals surface area (Å²) in [6.45, 7) is 2.06. The number of nitrogens with one attached hydrogen (secondary N) is 1. The lowest BCUT2D eigenvalue weighted by molar-refractivity contribution is -0.112. The van der Waals surface area contributed by atoms with Crippen LogP contribution in [-0.4, -0.2) is 28.1 Å². The van der Waals surface area contributed by atoms with Crippen LogP contribution in [0.4, 0.5) is 5.69 Å². The molecule has 1 aliphatic rings. The van der Waals surface area contributed by atoms with E-state index in [0.717, 1.165) is 19.3 Å². The summed E-state index contributed by atoms with van der Waals surface area (Å²) in [4.78, 5) is 23.8. The molecule has 0 aliphatic heterocycles. The largest absolute Gasteiger partial charge is 0.462 e. The Labute approximate surface area is 127 Å². The zero-order valence-corrected chi connectivity index (χ0v) is 12.3. The number of carbonyl (C=O) groups excluding carboxylic acids is 2. The maximum absolute atomic E-state index is 11.9. The first-order chi connectivity index (χ1) is 10.7. The number of rotatable bonds is 4. The van der Waals surface area contributed by atoms with Gasteiger partial charge in [-0.3, -0.25) is 4.79 Å². The molecule has 0 bridgehead atoms. The van der Waals surface area contributed by atoms with Crippen molar-refractivity contribution < 1.29 is 14.3 Å². The minimum atomic E-state index is -0.419. The number of fused-ring (bicyclic) bond motifs is 1. The molecule has 2 aromatic rings. The second-order valence-corrected chi connectivity index (χ2v) is 5.17. The maximum atomic E-state index is 11.9. The summed E-state index contributed by atoms with van der Waals surface area (Å²) < 4.78 is 6.58. The molecule has 1 saturated carbocycles. The van der Waals surface area contributed by atoms with Crippen LogP contribution < -0.4 is 5.32 Å². The quantitative estimate of drug-likeness (QED) is 0.695. The monoisotopic (exact) mass is 299 g/mol. The summed E-state index contributed by atoms with van der Waals surface area (Å²) in [5.41, 5.74) is 2.79. The lowest BCUT2D eigenvalue weighted by Crippen LogP contribution is -2.11. The Hall–Kier alpha value is -2.63. The smallest absolute Gasteiger partial charge is 0.341 e. The molecule has 1 amide bonds. The molecule has 114 valence electrons. The Morgan fingerprint density at radius 3 is 2.95 bits per heavy atom. The fourth-order valence-electron chi connectivity index (χ4n) is 2.31. The SMILES string of the molecule is CCOC(=O)c1cnn2ccc(NC(=O)C=C3CCC3)cc12. The normalized spacial score (nSPS) is 13.6. The summed E-state index contributed by atoms with van der Waals surface area (Å²) in [6, 6.07) is 3.46. The van der Waals surface area contributed by atoms with Crippen LogP contribution in [0.5, 0.6) is 0 Å². The number of hydrogen-bond donors (Lipinski definition) is 1. The van der Waals surface area contributed by atoms with Gasteiger partial charge < -0.3 is 10.1 Å². The molecule has 1 fully saturated rings. The van der Waals surface area contributed by atoms with Crippen LogP contribution in [0.25, 0.3) is 5.52 Å². The van der Waals surface area contributed by atoms with Gasteiger partial charge in [-0.15, -0.1) is 0 Å². The van der Waals surface area contributed by atoms with Crippen LogP contribution in [0.2, 0.25) is 0 Å². The summed E-state index contributed by atoms with van der Waals surface area (Å²) in [5, 5.41) is 6.92. The van der Waals surface area contributed by atoms with Gasteiger partial charge in [0.25, 0.3) is 0 Å². The van der Waals surface area contributed by atoms with Gasteiger partial charge in [0, 0.05) is 18.0 Å². The van der Waals surface area contributed by atoms with Gasteiger partial charge in [0.15, 0.2) is 0 Å². The van der Waals surface area contributed by atoms with Crippen LogP contribution in [0.15, 0.2) is 36.2 Å². The van der Waals surface area contributed by atoms with Gasteiger partial charge in [-0.2, -0.15) is 5.10 Å². The Bertz CT molecular complexity index is 755. The molecular weight excluding hydrogens is 282 g/mol. The molecule has 2 heterocycles. The van der Waals surface area contributed by atoms with Crippen LogP contribution in [0.3, 0.4) is 0 Å². The minimum absolute atomic E-state index is 0.142. The first-order valence-electron chi connectivity index (χ1n) is 7.32. The molecule has 1 aliphatic carbocycles. The number of carbonyl (C=O) groups is 2. The average molecular weight is 299 g/mol. The van der Waals surface area contributed by atoms with Gasteiger partial charge in [-0.1, -0.05) is 5.57 Å². The van der Waals surface area contributed by atoms with E-state index in [1.165, 1.54) is 11.8 Å². The number of allylic oxidation sites excluding steroid dienone is 1. The van der Waals surface area contributed by atoms with E-state index in [1.807, 2.05) is 0 Å². The minimum Gasteiger partial charge on any atom is -0.462 e. The molecule has 0 unspecified atom stereocenters. The zero-order chi connectivity index (χ0) is 15.5. The first-order valence-corrected chi connectivity index (χ1v) is 7.32. The van der Waals surface area contributed by atoms with E-state index < -0.39 is 5.97 Å². The zero-order valence-electron chi connectivity index (χ0n) is 12.3. The van der Waals surface area contributed by atoms with Crippen LogP contribution in [0, 0.1) is 0 Å². The van der Waals surface area contributed by atoms with Crippen molar-refractivity contribution in [2.24, 2.45) is 0 Å². The summed E-state index contributed by atoms with van der Waals surface area (Å²) >= 11 is 0. The molecule has 0 spiro atoms. The fourth-order valence-corrected chi connectivity index (χ4v) is 2.31. The third kappa shape index (κ3) is 2.86. The molecule has 2 aromatic heterocycles. The van der Waals surface area contributed by atoms with Gasteiger partial charge >= 0.3 is 5.97 Å². The number of esters is 1. The van der Waals surface area contributed by atoms with Crippen molar-refractivity contribution in [2.45, 2.75) is 26.2 Å². The van der Waals surface area contributed by atoms with Crippen molar-refractivity contribution in [3.05, 3.63) is 41.7 Å². The average Bonchev–Trinajstić information content (AvgIpc) is 2.86. The van der Waals surface area contributed by atoms with E-state index in [9.17, 15) is 9.59 Å².